The molecule has 4 heteroatoms. The minimum Gasteiger partial charge on any atom is -0.316 e. The number of aromatic nitrogens is 1. The Bertz CT molecular complexity index is 362. The summed E-state index contributed by atoms with van der Waals surface area (Å²) in [6.45, 7) is 11.5. The highest BCUT2D eigenvalue weighted by Crippen LogP contribution is 2.17. The van der Waals surface area contributed by atoms with E-state index >= 15 is 0 Å². The summed E-state index contributed by atoms with van der Waals surface area (Å²) in [6.07, 6.45) is 2.47. The van der Waals surface area contributed by atoms with Crippen molar-refractivity contribution in [3.05, 3.63) is 16.1 Å². The summed E-state index contributed by atoms with van der Waals surface area (Å²) in [7, 11) is 0. The van der Waals surface area contributed by atoms with Gasteiger partial charge in [-0.15, -0.1) is 11.3 Å². The van der Waals surface area contributed by atoms with Gasteiger partial charge in [-0.05, 0) is 52.6 Å². The number of likely N-dealkylation sites (tertiary alicyclic amines) is 1. The zero-order valence-corrected chi connectivity index (χ0v) is 12.6. The Kier molecular flexibility index (Phi) is 5.15. The first kappa shape index (κ1) is 14.0. The molecule has 1 aromatic heterocycles. The van der Waals surface area contributed by atoms with Crippen LogP contribution in [0.4, 0.5) is 0 Å². The van der Waals surface area contributed by atoms with Crippen LogP contribution in [-0.2, 0) is 6.42 Å². The number of nitrogens with one attached hydrogen (secondary N) is 1. The normalized spacial score (nSPS) is 21.0. The monoisotopic (exact) mass is 267 g/mol. The predicted molar refractivity (Wildman–Crippen MR) is 78.2 cm³/mol. The molecule has 1 unspecified atom stereocenters. The fourth-order valence-corrected chi connectivity index (χ4v) is 3.35. The third-order valence-corrected chi connectivity index (χ3v) is 4.85. The van der Waals surface area contributed by atoms with Gasteiger partial charge >= 0.3 is 0 Å². The number of hydrogen-bond acceptors (Lipinski definition) is 4. The highest BCUT2D eigenvalue weighted by molar-refractivity contribution is 7.09. The molecule has 0 aliphatic carbocycles. The minimum atomic E-state index is 0.704. The lowest BCUT2D eigenvalue weighted by Gasteiger charge is -2.20. The zero-order chi connectivity index (χ0) is 13.0. The number of thiazole rings is 1. The number of hydrogen-bond donors (Lipinski definition) is 1. The second-order valence-electron chi connectivity index (χ2n) is 5.56. The van der Waals surface area contributed by atoms with Gasteiger partial charge in [-0.1, -0.05) is 0 Å². The Labute approximate surface area is 115 Å². The number of rotatable bonds is 6. The van der Waals surface area contributed by atoms with E-state index in [4.69, 9.17) is 0 Å². The van der Waals surface area contributed by atoms with Crippen LogP contribution in [0, 0.1) is 12.8 Å². The van der Waals surface area contributed by atoms with E-state index in [-0.39, 0.29) is 0 Å². The van der Waals surface area contributed by atoms with E-state index in [2.05, 4.69) is 36.0 Å². The SMILES string of the molecule is Cc1ncsc1CCNCC1CCN(C(C)C)C1. The summed E-state index contributed by atoms with van der Waals surface area (Å²) in [5, 5.41) is 3.60. The molecule has 0 amide bonds. The highest BCUT2D eigenvalue weighted by Gasteiger charge is 2.23. The van der Waals surface area contributed by atoms with Gasteiger partial charge in [0.05, 0.1) is 11.2 Å². The first-order valence-electron chi connectivity index (χ1n) is 7.00. The number of aryl methyl sites for hydroxylation is 1. The molecule has 3 nitrogen and oxygen atoms in total. The van der Waals surface area contributed by atoms with Gasteiger partial charge in [-0.2, -0.15) is 0 Å². The van der Waals surface area contributed by atoms with Crippen molar-refractivity contribution in [3.63, 3.8) is 0 Å². The highest BCUT2D eigenvalue weighted by atomic mass is 32.1. The Morgan fingerprint density at radius 3 is 3.00 bits per heavy atom. The van der Waals surface area contributed by atoms with Gasteiger partial charge in [0.1, 0.15) is 0 Å². The Hall–Kier alpha value is -0.450. The van der Waals surface area contributed by atoms with Gasteiger partial charge < -0.3 is 10.2 Å². The van der Waals surface area contributed by atoms with E-state index in [0.717, 1.165) is 18.9 Å². The first-order chi connectivity index (χ1) is 8.66. The third kappa shape index (κ3) is 3.77. The Morgan fingerprint density at radius 2 is 2.39 bits per heavy atom. The molecule has 1 atom stereocenters. The lowest BCUT2D eigenvalue weighted by Crippen LogP contribution is -2.31. The molecule has 0 spiro atoms. The smallest absolute Gasteiger partial charge is 0.0797 e. The van der Waals surface area contributed by atoms with Crippen LogP contribution < -0.4 is 5.32 Å². The van der Waals surface area contributed by atoms with Crippen molar-refractivity contribution >= 4 is 11.3 Å². The van der Waals surface area contributed by atoms with Gasteiger partial charge in [0.2, 0.25) is 0 Å². The lowest BCUT2D eigenvalue weighted by molar-refractivity contribution is 0.264. The summed E-state index contributed by atoms with van der Waals surface area (Å²) in [4.78, 5) is 8.30. The fourth-order valence-electron chi connectivity index (χ4n) is 2.57. The van der Waals surface area contributed by atoms with Crippen molar-refractivity contribution in [2.45, 2.75) is 39.7 Å². The van der Waals surface area contributed by atoms with Crippen molar-refractivity contribution < 1.29 is 0 Å². The Balaban J connectivity index is 1.61. The molecular formula is C14H25N3S. The fraction of sp³-hybridized carbons (Fsp3) is 0.786. The molecule has 0 saturated carbocycles. The van der Waals surface area contributed by atoms with E-state index in [9.17, 15) is 0 Å². The maximum absolute atomic E-state index is 4.29. The number of nitrogens with zero attached hydrogens (tertiary/aromatic N) is 2. The quantitative estimate of drug-likeness (QED) is 0.802. The minimum absolute atomic E-state index is 0.704. The van der Waals surface area contributed by atoms with Crippen LogP contribution >= 0.6 is 11.3 Å². The molecule has 0 aromatic carbocycles. The topological polar surface area (TPSA) is 28.2 Å². The molecule has 18 heavy (non-hydrogen) atoms. The first-order valence-corrected chi connectivity index (χ1v) is 7.88. The molecule has 1 aliphatic heterocycles. The van der Waals surface area contributed by atoms with Crippen LogP contribution in [-0.4, -0.2) is 42.1 Å². The molecule has 0 bridgehead atoms. The van der Waals surface area contributed by atoms with Crippen LogP contribution in [0.25, 0.3) is 0 Å². The molecule has 102 valence electrons. The molecule has 1 aliphatic rings. The van der Waals surface area contributed by atoms with E-state index in [1.54, 1.807) is 11.3 Å². The molecule has 0 radical (unpaired) electrons. The van der Waals surface area contributed by atoms with Crippen LogP contribution in [0.15, 0.2) is 5.51 Å². The summed E-state index contributed by atoms with van der Waals surface area (Å²) >= 11 is 1.78. The maximum atomic E-state index is 4.29. The van der Waals surface area contributed by atoms with Crippen molar-refractivity contribution in [2.24, 2.45) is 5.92 Å². The summed E-state index contributed by atoms with van der Waals surface area (Å²) in [5.41, 5.74) is 3.15. The Morgan fingerprint density at radius 1 is 1.56 bits per heavy atom. The molecule has 1 saturated heterocycles. The van der Waals surface area contributed by atoms with E-state index in [1.807, 2.05) is 5.51 Å². The van der Waals surface area contributed by atoms with Gasteiger partial charge in [0.25, 0.3) is 0 Å². The average Bonchev–Trinajstić information content (AvgIpc) is 2.94. The second-order valence-corrected chi connectivity index (χ2v) is 6.50. The summed E-state index contributed by atoms with van der Waals surface area (Å²) < 4.78 is 0. The maximum Gasteiger partial charge on any atom is 0.0797 e. The average molecular weight is 267 g/mol. The molecular weight excluding hydrogens is 242 g/mol. The molecule has 2 rings (SSSR count). The summed E-state index contributed by atoms with van der Waals surface area (Å²) in [6, 6.07) is 0.704. The largest absolute Gasteiger partial charge is 0.316 e. The van der Waals surface area contributed by atoms with E-state index in [1.165, 1.54) is 36.6 Å². The molecule has 1 N–H and O–H groups in total. The van der Waals surface area contributed by atoms with Crippen molar-refractivity contribution in [1.82, 2.24) is 15.2 Å². The van der Waals surface area contributed by atoms with Gasteiger partial charge in [0.15, 0.2) is 0 Å². The molecule has 1 aromatic rings. The lowest BCUT2D eigenvalue weighted by atomic mass is 10.1. The van der Waals surface area contributed by atoms with Crippen molar-refractivity contribution in [2.75, 3.05) is 26.2 Å². The van der Waals surface area contributed by atoms with Crippen LogP contribution in [0.3, 0.4) is 0 Å². The summed E-state index contributed by atoms with van der Waals surface area (Å²) in [5.74, 6) is 0.843. The standard InChI is InChI=1S/C14H25N3S/c1-11(2)17-7-5-13(9-17)8-15-6-4-14-12(3)16-10-18-14/h10-11,13,15H,4-9H2,1-3H3. The van der Waals surface area contributed by atoms with E-state index in [0.29, 0.717) is 6.04 Å². The van der Waals surface area contributed by atoms with Gasteiger partial charge in [-0.3, -0.25) is 0 Å². The van der Waals surface area contributed by atoms with Crippen LogP contribution in [0.5, 0.6) is 0 Å². The third-order valence-electron chi connectivity index (χ3n) is 3.85. The van der Waals surface area contributed by atoms with Crippen molar-refractivity contribution in [3.8, 4) is 0 Å². The van der Waals surface area contributed by atoms with Crippen molar-refractivity contribution in [1.29, 1.82) is 0 Å². The molecule has 2 heterocycles. The predicted octanol–water partition coefficient (Wildman–Crippen LogP) is 2.31. The zero-order valence-electron chi connectivity index (χ0n) is 11.8. The van der Waals surface area contributed by atoms with Crippen LogP contribution in [0.2, 0.25) is 0 Å². The van der Waals surface area contributed by atoms with E-state index < -0.39 is 0 Å². The molecule has 1 fully saturated rings. The van der Waals surface area contributed by atoms with Crippen LogP contribution in [0.1, 0.15) is 30.8 Å². The second kappa shape index (κ2) is 6.64. The van der Waals surface area contributed by atoms with Gasteiger partial charge in [0, 0.05) is 24.0 Å². The van der Waals surface area contributed by atoms with Gasteiger partial charge in [-0.25, -0.2) is 4.98 Å².